The summed E-state index contributed by atoms with van der Waals surface area (Å²) < 4.78 is 29.5. The Kier molecular flexibility index (Phi) is 4.65. The molecule has 0 aliphatic carbocycles. The lowest BCUT2D eigenvalue weighted by molar-refractivity contribution is 0.0996. The number of hydrogen-bond donors (Lipinski definition) is 1. The SMILES string of the molecule is CCS(=O)(=O)NCC(=O)c1cccc(OC)c1. The molecule has 1 aromatic rings. The topological polar surface area (TPSA) is 72.5 Å². The molecule has 0 unspecified atom stereocenters. The van der Waals surface area contributed by atoms with Gasteiger partial charge in [0.2, 0.25) is 10.0 Å². The molecule has 1 aromatic carbocycles. The molecule has 0 bridgehead atoms. The van der Waals surface area contributed by atoms with Crippen LogP contribution in [0.5, 0.6) is 5.75 Å². The van der Waals surface area contributed by atoms with Crippen LogP contribution < -0.4 is 9.46 Å². The Morgan fingerprint density at radius 1 is 1.41 bits per heavy atom. The van der Waals surface area contributed by atoms with Crippen molar-refractivity contribution in [2.45, 2.75) is 6.92 Å². The fourth-order valence-electron chi connectivity index (χ4n) is 1.18. The van der Waals surface area contributed by atoms with E-state index in [2.05, 4.69) is 4.72 Å². The molecule has 0 saturated heterocycles. The first-order valence-corrected chi connectivity index (χ1v) is 6.78. The van der Waals surface area contributed by atoms with Gasteiger partial charge in [-0.2, -0.15) is 0 Å². The van der Waals surface area contributed by atoms with Crippen LogP contribution in [0.2, 0.25) is 0 Å². The number of Topliss-reactive ketones (excluding diaryl/α,β-unsaturated/α-hetero) is 1. The van der Waals surface area contributed by atoms with E-state index in [9.17, 15) is 13.2 Å². The summed E-state index contributed by atoms with van der Waals surface area (Å²) in [6, 6.07) is 6.58. The first-order valence-electron chi connectivity index (χ1n) is 5.13. The third-order valence-corrected chi connectivity index (χ3v) is 3.57. The number of rotatable bonds is 6. The highest BCUT2D eigenvalue weighted by atomic mass is 32.2. The summed E-state index contributed by atoms with van der Waals surface area (Å²) in [6.45, 7) is 1.28. The summed E-state index contributed by atoms with van der Waals surface area (Å²) in [6.07, 6.45) is 0. The molecule has 0 radical (unpaired) electrons. The molecule has 1 N–H and O–H groups in total. The van der Waals surface area contributed by atoms with Crippen molar-refractivity contribution in [3.8, 4) is 5.75 Å². The quantitative estimate of drug-likeness (QED) is 0.766. The second-order valence-electron chi connectivity index (χ2n) is 3.38. The predicted octanol–water partition coefficient (Wildman–Crippen LogP) is 0.817. The van der Waals surface area contributed by atoms with E-state index >= 15 is 0 Å². The molecule has 94 valence electrons. The molecule has 17 heavy (non-hydrogen) atoms. The molecule has 0 fully saturated rings. The van der Waals surface area contributed by atoms with Gasteiger partial charge in [-0.3, -0.25) is 4.79 Å². The van der Waals surface area contributed by atoms with Crippen LogP contribution in [0.3, 0.4) is 0 Å². The number of ketones is 1. The molecular weight excluding hydrogens is 242 g/mol. The fourth-order valence-corrected chi connectivity index (χ4v) is 1.73. The Morgan fingerprint density at radius 2 is 2.12 bits per heavy atom. The Hall–Kier alpha value is -1.40. The Balaban J connectivity index is 2.70. The molecule has 0 atom stereocenters. The molecule has 0 saturated carbocycles. The zero-order chi connectivity index (χ0) is 12.9. The number of carbonyl (C=O) groups is 1. The van der Waals surface area contributed by atoms with Gasteiger partial charge in [0.1, 0.15) is 5.75 Å². The highest BCUT2D eigenvalue weighted by Gasteiger charge is 2.11. The monoisotopic (exact) mass is 257 g/mol. The Labute approximate surface area is 101 Å². The van der Waals surface area contributed by atoms with Gasteiger partial charge in [0, 0.05) is 5.56 Å². The van der Waals surface area contributed by atoms with Crippen LogP contribution in [-0.4, -0.2) is 33.6 Å². The molecule has 0 aromatic heterocycles. The maximum absolute atomic E-state index is 11.7. The maximum Gasteiger partial charge on any atom is 0.211 e. The van der Waals surface area contributed by atoms with Gasteiger partial charge in [-0.1, -0.05) is 12.1 Å². The van der Waals surface area contributed by atoms with Crippen LogP contribution in [0.15, 0.2) is 24.3 Å². The van der Waals surface area contributed by atoms with Crippen molar-refractivity contribution in [3.05, 3.63) is 29.8 Å². The lowest BCUT2D eigenvalue weighted by atomic mass is 10.1. The molecule has 0 spiro atoms. The molecule has 6 heteroatoms. The minimum Gasteiger partial charge on any atom is -0.497 e. The van der Waals surface area contributed by atoms with Crippen molar-refractivity contribution in [1.29, 1.82) is 0 Å². The van der Waals surface area contributed by atoms with E-state index in [-0.39, 0.29) is 18.1 Å². The van der Waals surface area contributed by atoms with Gasteiger partial charge in [0.05, 0.1) is 19.4 Å². The third-order valence-electron chi connectivity index (χ3n) is 2.22. The van der Waals surface area contributed by atoms with Crippen molar-refractivity contribution in [1.82, 2.24) is 4.72 Å². The fraction of sp³-hybridized carbons (Fsp3) is 0.364. The number of sulfonamides is 1. The van der Waals surface area contributed by atoms with Gasteiger partial charge in [-0.25, -0.2) is 13.1 Å². The number of nitrogens with one attached hydrogen (secondary N) is 1. The Morgan fingerprint density at radius 3 is 2.71 bits per heavy atom. The summed E-state index contributed by atoms with van der Waals surface area (Å²) in [7, 11) is -1.84. The second-order valence-corrected chi connectivity index (χ2v) is 5.48. The van der Waals surface area contributed by atoms with Gasteiger partial charge >= 0.3 is 0 Å². The van der Waals surface area contributed by atoms with Crippen molar-refractivity contribution < 1.29 is 17.9 Å². The standard InChI is InChI=1S/C11H15NO4S/c1-3-17(14,15)12-8-11(13)9-5-4-6-10(7-9)16-2/h4-7,12H,3,8H2,1-2H3. The number of methoxy groups -OCH3 is 1. The van der Waals surface area contributed by atoms with Gasteiger partial charge in [-0.15, -0.1) is 0 Å². The van der Waals surface area contributed by atoms with E-state index < -0.39 is 10.0 Å². The number of ether oxygens (including phenoxy) is 1. The largest absolute Gasteiger partial charge is 0.497 e. The average Bonchev–Trinajstić information content (AvgIpc) is 2.36. The zero-order valence-electron chi connectivity index (χ0n) is 9.76. The zero-order valence-corrected chi connectivity index (χ0v) is 10.6. The lowest BCUT2D eigenvalue weighted by Gasteiger charge is -2.05. The van der Waals surface area contributed by atoms with Crippen molar-refractivity contribution in [2.24, 2.45) is 0 Å². The first-order chi connectivity index (χ1) is 7.98. The second kappa shape index (κ2) is 5.79. The number of hydrogen-bond acceptors (Lipinski definition) is 4. The predicted molar refractivity (Wildman–Crippen MR) is 64.8 cm³/mol. The van der Waals surface area contributed by atoms with E-state index in [0.29, 0.717) is 11.3 Å². The first kappa shape index (κ1) is 13.7. The van der Waals surface area contributed by atoms with Crippen molar-refractivity contribution >= 4 is 15.8 Å². The van der Waals surface area contributed by atoms with E-state index in [4.69, 9.17) is 4.74 Å². The normalized spacial score (nSPS) is 11.2. The van der Waals surface area contributed by atoms with Gasteiger partial charge < -0.3 is 4.74 Å². The molecule has 1 rings (SSSR count). The smallest absolute Gasteiger partial charge is 0.211 e. The Bertz CT molecular complexity index is 496. The van der Waals surface area contributed by atoms with Gasteiger partial charge in [-0.05, 0) is 19.1 Å². The molecular formula is C11H15NO4S. The van der Waals surface area contributed by atoms with Gasteiger partial charge in [0.15, 0.2) is 5.78 Å². The third kappa shape index (κ3) is 4.16. The number of carbonyl (C=O) groups excluding carboxylic acids is 1. The van der Waals surface area contributed by atoms with E-state index in [1.54, 1.807) is 24.3 Å². The van der Waals surface area contributed by atoms with Crippen LogP contribution in [-0.2, 0) is 10.0 Å². The molecule has 0 aliphatic heterocycles. The van der Waals surface area contributed by atoms with Crippen LogP contribution in [0.4, 0.5) is 0 Å². The van der Waals surface area contributed by atoms with Crippen molar-refractivity contribution in [2.75, 3.05) is 19.4 Å². The molecule has 0 heterocycles. The summed E-state index contributed by atoms with van der Waals surface area (Å²) in [5.41, 5.74) is 0.420. The minimum atomic E-state index is -3.34. The van der Waals surface area contributed by atoms with Crippen LogP contribution in [0.25, 0.3) is 0 Å². The number of benzene rings is 1. The van der Waals surface area contributed by atoms with E-state index in [1.807, 2.05) is 0 Å². The highest BCUT2D eigenvalue weighted by Crippen LogP contribution is 2.12. The molecule has 0 aliphatic rings. The van der Waals surface area contributed by atoms with Crippen LogP contribution in [0.1, 0.15) is 17.3 Å². The van der Waals surface area contributed by atoms with Crippen LogP contribution >= 0.6 is 0 Å². The average molecular weight is 257 g/mol. The van der Waals surface area contributed by atoms with Crippen molar-refractivity contribution in [3.63, 3.8) is 0 Å². The summed E-state index contributed by atoms with van der Waals surface area (Å²) in [5, 5.41) is 0. The van der Waals surface area contributed by atoms with E-state index in [1.165, 1.54) is 14.0 Å². The molecule has 5 nitrogen and oxygen atoms in total. The molecule has 0 amide bonds. The minimum absolute atomic E-state index is 0.0433. The summed E-state index contributed by atoms with van der Waals surface area (Å²) in [4.78, 5) is 11.7. The highest BCUT2D eigenvalue weighted by molar-refractivity contribution is 7.89. The van der Waals surface area contributed by atoms with Gasteiger partial charge in [0.25, 0.3) is 0 Å². The van der Waals surface area contributed by atoms with Crippen LogP contribution in [0, 0.1) is 0 Å². The van der Waals surface area contributed by atoms with E-state index in [0.717, 1.165) is 0 Å². The summed E-state index contributed by atoms with van der Waals surface area (Å²) >= 11 is 0. The maximum atomic E-state index is 11.7. The lowest BCUT2D eigenvalue weighted by Crippen LogP contribution is -2.30. The summed E-state index contributed by atoms with van der Waals surface area (Å²) in [5.74, 6) is 0.230.